The first-order valence-electron chi connectivity index (χ1n) is 7.94. The summed E-state index contributed by atoms with van der Waals surface area (Å²) >= 11 is 0. The van der Waals surface area contributed by atoms with Gasteiger partial charge in [-0.1, -0.05) is 18.6 Å². The van der Waals surface area contributed by atoms with Crippen molar-refractivity contribution in [2.24, 2.45) is 5.92 Å². The number of hydrogen-bond acceptors (Lipinski definition) is 4. The Kier molecular flexibility index (Phi) is 4.32. The molecule has 2 amide bonds. The zero-order valence-electron chi connectivity index (χ0n) is 13.1. The van der Waals surface area contributed by atoms with Gasteiger partial charge in [-0.15, -0.1) is 0 Å². The van der Waals surface area contributed by atoms with Crippen molar-refractivity contribution < 1.29 is 19.1 Å². The van der Waals surface area contributed by atoms with Crippen LogP contribution in [0.4, 0.5) is 11.4 Å². The van der Waals surface area contributed by atoms with E-state index >= 15 is 0 Å². The molecule has 1 aromatic rings. The van der Waals surface area contributed by atoms with E-state index in [9.17, 15) is 14.4 Å². The highest BCUT2D eigenvalue weighted by molar-refractivity contribution is 6.05. The maximum absolute atomic E-state index is 12.6. The lowest BCUT2D eigenvalue weighted by Gasteiger charge is -2.28. The highest BCUT2D eigenvalue weighted by atomic mass is 16.5. The van der Waals surface area contributed by atoms with Crippen LogP contribution in [0.25, 0.3) is 0 Å². The van der Waals surface area contributed by atoms with Crippen molar-refractivity contribution in [1.29, 1.82) is 0 Å². The van der Waals surface area contributed by atoms with Crippen LogP contribution in [-0.4, -0.2) is 30.4 Å². The summed E-state index contributed by atoms with van der Waals surface area (Å²) in [6, 6.07) is 6.85. The molecule has 2 aliphatic rings. The van der Waals surface area contributed by atoms with Crippen molar-refractivity contribution in [2.45, 2.75) is 38.6 Å². The van der Waals surface area contributed by atoms with E-state index in [1.54, 1.807) is 23.1 Å². The molecular formula is C17H20N2O4. The Labute approximate surface area is 134 Å². The Bertz CT molecular complexity index is 639. The second kappa shape index (κ2) is 6.40. The quantitative estimate of drug-likeness (QED) is 0.866. The smallest absolute Gasteiger partial charge is 0.309 e. The summed E-state index contributed by atoms with van der Waals surface area (Å²) < 4.78 is 5.16. The molecule has 1 N–H and O–H groups in total. The van der Waals surface area contributed by atoms with Crippen LogP contribution in [0.1, 0.15) is 32.6 Å². The van der Waals surface area contributed by atoms with Crippen molar-refractivity contribution in [3.8, 4) is 0 Å². The fourth-order valence-corrected chi connectivity index (χ4v) is 2.93. The molecule has 23 heavy (non-hydrogen) atoms. The number of esters is 1. The lowest BCUT2D eigenvalue weighted by Crippen LogP contribution is -2.42. The van der Waals surface area contributed by atoms with Gasteiger partial charge in [0.2, 0.25) is 5.91 Å². The molecule has 3 rings (SSSR count). The standard InChI is InChI=1S/C17H20N2O4/c1-11-9-15(20)18-13-7-2-3-8-14(13)19(11)16(21)10-23-17(22)12-5-4-6-12/h2-3,7-8,11-12H,4-6,9-10H2,1H3,(H,18,20). The highest BCUT2D eigenvalue weighted by Crippen LogP contribution is 2.31. The van der Waals surface area contributed by atoms with E-state index in [1.807, 2.05) is 13.0 Å². The molecule has 0 radical (unpaired) electrons. The number of rotatable bonds is 3. The average Bonchev–Trinajstić information content (AvgIpc) is 2.57. The van der Waals surface area contributed by atoms with Crippen molar-refractivity contribution in [3.63, 3.8) is 0 Å². The van der Waals surface area contributed by atoms with Crippen LogP contribution in [0.5, 0.6) is 0 Å². The highest BCUT2D eigenvalue weighted by Gasteiger charge is 2.31. The molecule has 0 aromatic heterocycles. The van der Waals surface area contributed by atoms with E-state index in [0.717, 1.165) is 19.3 Å². The number of amides is 2. The number of para-hydroxylation sites is 2. The summed E-state index contributed by atoms with van der Waals surface area (Å²) in [6.07, 6.45) is 2.93. The number of benzene rings is 1. The largest absolute Gasteiger partial charge is 0.455 e. The van der Waals surface area contributed by atoms with Crippen molar-refractivity contribution >= 4 is 29.2 Å². The molecule has 1 heterocycles. The Morgan fingerprint density at radius 2 is 2.04 bits per heavy atom. The van der Waals surface area contributed by atoms with Gasteiger partial charge in [0.25, 0.3) is 5.91 Å². The molecule has 0 saturated heterocycles. The van der Waals surface area contributed by atoms with Gasteiger partial charge in [0.1, 0.15) is 0 Å². The molecule has 1 aliphatic carbocycles. The lowest BCUT2D eigenvalue weighted by atomic mass is 9.86. The number of anilines is 2. The van der Waals surface area contributed by atoms with Crippen LogP contribution in [0.3, 0.4) is 0 Å². The molecule has 1 aliphatic heterocycles. The summed E-state index contributed by atoms with van der Waals surface area (Å²) in [5, 5.41) is 2.80. The Morgan fingerprint density at radius 3 is 2.74 bits per heavy atom. The third-order valence-corrected chi connectivity index (χ3v) is 4.40. The second-order valence-corrected chi connectivity index (χ2v) is 6.12. The third kappa shape index (κ3) is 3.21. The van der Waals surface area contributed by atoms with Crippen molar-refractivity contribution in [1.82, 2.24) is 0 Å². The van der Waals surface area contributed by atoms with Gasteiger partial charge in [0.15, 0.2) is 6.61 Å². The number of nitrogens with zero attached hydrogens (tertiary/aromatic N) is 1. The van der Waals surface area contributed by atoms with Gasteiger partial charge in [-0.3, -0.25) is 14.4 Å². The Morgan fingerprint density at radius 1 is 1.30 bits per heavy atom. The van der Waals surface area contributed by atoms with Gasteiger partial charge in [-0.25, -0.2) is 0 Å². The molecule has 0 bridgehead atoms. The topological polar surface area (TPSA) is 75.7 Å². The number of carbonyl (C=O) groups is 3. The number of ether oxygens (including phenoxy) is 1. The first-order chi connectivity index (χ1) is 11.1. The summed E-state index contributed by atoms with van der Waals surface area (Å²) in [7, 11) is 0. The summed E-state index contributed by atoms with van der Waals surface area (Å²) in [5.41, 5.74) is 1.23. The lowest BCUT2D eigenvalue weighted by molar-refractivity contribution is -0.154. The van der Waals surface area contributed by atoms with Crippen LogP contribution in [0.2, 0.25) is 0 Å². The zero-order chi connectivity index (χ0) is 16.4. The second-order valence-electron chi connectivity index (χ2n) is 6.12. The zero-order valence-corrected chi connectivity index (χ0v) is 13.1. The number of carbonyl (C=O) groups excluding carboxylic acids is 3. The predicted octanol–water partition coefficient (Wildman–Crippen LogP) is 2.09. The van der Waals surface area contributed by atoms with Crippen LogP contribution in [-0.2, 0) is 19.1 Å². The van der Waals surface area contributed by atoms with Gasteiger partial charge in [-0.2, -0.15) is 0 Å². The van der Waals surface area contributed by atoms with E-state index in [1.165, 1.54) is 0 Å². The molecule has 0 spiro atoms. The maximum Gasteiger partial charge on any atom is 0.309 e. The monoisotopic (exact) mass is 316 g/mol. The first-order valence-corrected chi connectivity index (χ1v) is 7.94. The number of hydrogen-bond donors (Lipinski definition) is 1. The molecule has 122 valence electrons. The van der Waals surface area contributed by atoms with Gasteiger partial charge >= 0.3 is 5.97 Å². The molecule has 1 aromatic carbocycles. The normalized spacial score (nSPS) is 20.8. The summed E-state index contributed by atoms with van der Waals surface area (Å²) in [5.74, 6) is -0.796. The van der Waals surface area contributed by atoms with E-state index in [2.05, 4.69) is 5.32 Å². The van der Waals surface area contributed by atoms with Gasteiger partial charge in [-0.05, 0) is 31.9 Å². The fraction of sp³-hybridized carbons (Fsp3) is 0.471. The molecule has 6 heteroatoms. The molecule has 1 saturated carbocycles. The van der Waals surface area contributed by atoms with E-state index < -0.39 is 0 Å². The fourth-order valence-electron chi connectivity index (χ4n) is 2.93. The minimum absolute atomic E-state index is 0.0557. The van der Waals surface area contributed by atoms with E-state index in [4.69, 9.17) is 4.74 Å². The Hall–Kier alpha value is -2.37. The van der Waals surface area contributed by atoms with Crippen molar-refractivity contribution in [3.05, 3.63) is 24.3 Å². The summed E-state index contributed by atoms with van der Waals surface area (Å²) in [6.45, 7) is 1.52. The minimum Gasteiger partial charge on any atom is -0.455 e. The minimum atomic E-state index is -0.311. The Balaban J connectivity index is 1.75. The molecule has 1 fully saturated rings. The number of nitrogens with one attached hydrogen (secondary N) is 1. The third-order valence-electron chi connectivity index (χ3n) is 4.40. The van der Waals surface area contributed by atoms with E-state index in [0.29, 0.717) is 11.4 Å². The van der Waals surface area contributed by atoms with Gasteiger partial charge < -0.3 is 15.0 Å². The molecule has 1 atom stereocenters. The van der Waals surface area contributed by atoms with Crippen molar-refractivity contribution in [2.75, 3.05) is 16.8 Å². The molecular weight excluding hydrogens is 296 g/mol. The van der Waals surface area contributed by atoms with Gasteiger partial charge in [0, 0.05) is 12.5 Å². The van der Waals surface area contributed by atoms with Gasteiger partial charge in [0.05, 0.1) is 17.3 Å². The predicted molar refractivity (Wildman–Crippen MR) is 84.9 cm³/mol. The molecule has 6 nitrogen and oxygen atoms in total. The van der Waals surface area contributed by atoms with Crippen LogP contribution in [0, 0.1) is 5.92 Å². The van der Waals surface area contributed by atoms with Crippen LogP contribution >= 0.6 is 0 Å². The SMILES string of the molecule is CC1CC(=O)Nc2ccccc2N1C(=O)COC(=O)C1CCC1. The van der Waals surface area contributed by atoms with E-state index in [-0.39, 0.29) is 42.8 Å². The van der Waals surface area contributed by atoms with Crippen LogP contribution in [0.15, 0.2) is 24.3 Å². The average molecular weight is 316 g/mol. The van der Waals surface area contributed by atoms with Crippen LogP contribution < -0.4 is 10.2 Å². The maximum atomic E-state index is 12.6. The number of fused-ring (bicyclic) bond motifs is 1. The molecule has 1 unspecified atom stereocenters. The first kappa shape index (κ1) is 15.5. The summed E-state index contributed by atoms with van der Waals surface area (Å²) in [4.78, 5) is 37.8.